The van der Waals surface area contributed by atoms with Crippen molar-refractivity contribution in [1.82, 2.24) is 4.90 Å². The van der Waals surface area contributed by atoms with Crippen LogP contribution >= 0.6 is 11.6 Å². The molecule has 1 aliphatic rings. The molecule has 0 saturated heterocycles. The first-order valence-corrected chi connectivity index (χ1v) is 9.25. The Morgan fingerprint density at radius 3 is 2.42 bits per heavy atom. The molecular weight excluding hydrogens is 357 g/mol. The normalized spacial score (nSPS) is 22.9. The van der Waals surface area contributed by atoms with E-state index in [1.54, 1.807) is 11.0 Å². The van der Waals surface area contributed by atoms with Gasteiger partial charge in [-0.15, -0.1) is 0 Å². The van der Waals surface area contributed by atoms with Gasteiger partial charge < -0.3 is 14.7 Å². The van der Waals surface area contributed by atoms with Crippen LogP contribution in [0.1, 0.15) is 53.5 Å². The van der Waals surface area contributed by atoms with Crippen molar-refractivity contribution in [2.75, 3.05) is 13.2 Å². The molecule has 146 valence electrons. The fourth-order valence-electron chi connectivity index (χ4n) is 3.28. The summed E-state index contributed by atoms with van der Waals surface area (Å²) in [6.45, 7) is 11.4. The van der Waals surface area contributed by atoms with E-state index in [0.29, 0.717) is 17.0 Å². The van der Waals surface area contributed by atoms with Gasteiger partial charge in [0.25, 0.3) is 0 Å². The molecule has 1 N–H and O–H groups in total. The molecule has 1 amide bonds. The third kappa shape index (κ3) is 4.49. The van der Waals surface area contributed by atoms with Gasteiger partial charge in [-0.2, -0.15) is 0 Å². The smallest absolute Gasteiger partial charge is 0.410 e. The summed E-state index contributed by atoms with van der Waals surface area (Å²) in [6.07, 6.45) is 0.145. The number of hydrogen-bond acceptors (Lipinski definition) is 3. The van der Waals surface area contributed by atoms with Gasteiger partial charge in [0.05, 0.1) is 0 Å². The summed E-state index contributed by atoms with van der Waals surface area (Å²) in [5.41, 5.74) is -1.36. The second-order valence-electron chi connectivity index (χ2n) is 9.10. The minimum absolute atomic E-state index is 0.0712. The molecule has 26 heavy (non-hydrogen) atoms. The summed E-state index contributed by atoms with van der Waals surface area (Å²) >= 11 is 6.08. The maximum Gasteiger partial charge on any atom is 0.410 e. The van der Waals surface area contributed by atoms with Crippen LogP contribution in [0.5, 0.6) is 0 Å². The molecule has 1 saturated carbocycles. The topological polar surface area (TPSA) is 49.8 Å². The van der Waals surface area contributed by atoms with Crippen LogP contribution in [-0.4, -0.2) is 40.4 Å². The highest BCUT2D eigenvalue weighted by molar-refractivity contribution is 6.30. The molecule has 6 heteroatoms. The van der Waals surface area contributed by atoms with E-state index in [4.69, 9.17) is 16.3 Å². The zero-order valence-electron chi connectivity index (χ0n) is 16.4. The number of hydrogen-bond donors (Lipinski definition) is 1. The van der Waals surface area contributed by atoms with Gasteiger partial charge in [-0.3, -0.25) is 0 Å². The van der Waals surface area contributed by atoms with E-state index in [0.717, 1.165) is 0 Å². The second kappa shape index (κ2) is 7.01. The Kier molecular flexibility index (Phi) is 5.65. The average Bonchev–Trinajstić information content (AvgIpc) is 3.19. The predicted octanol–water partition coefficient (Wildman–Crippen LogP) is 4.76. The third-order valence-corrected chi connectivity index (χ3v) is 5.02. The van der Waals surface area contributed by atoms with Crippen LogP contribution in [0.3, 0.4) is 0 Å². The Morgan fingerprint density at radius 1 is 1.35 bits per heavy atom. The predicted molar refractivity (Wildman–Crippen MR) is 101 cm³/mol. The van der Waals surface area contributed by atoms with Crippen molar-refractivity contribution in [3.05, 3.63) is 34.6 Å². The average molecular weight is 386 g/mol. The minimum atomic E-state index is -0.659. The molecule has 2 atom stereocenters. The Hall–Kier alpha value is -1.33. The Balaban J connectivity index is 2.40. The van der Waals surface area contributed by atoms with Gasteiger partial charge in [0.1, 0.15) is 11.4 Å². The number of amides is 1. The zero-order chi connectivity index (χ0) is 19.9. The fourth-order valence-corrected chi connectivity index (χ4v) is 3.45. The van der Waals surface area contributed by atoms with Crippen molar-refractivity contribution in [3.8, 4) is 0 Å². The lowest BCUT2D eigenvalue weighted by Crippen LogP contribution is -2.51. The number of ether oxygens (including phenoxy) is 1. The quantitative estimate of drug-likeness (QED) is 0.812. The van der Waals surface area contributed by atoms with E-state index in [1.165, 1.54) is 12.1 Å². The van der Waals surface area contributed by atoms with Gasteiger partial charge in [0, 0.05) is 29.1 Å². The van der Waals surface area contributed by atoms with E-state index in [1.807, 2.05) is 41.5 Å². The first-order valence-electron chi connectivity index (χ1n) is 8.87. The zero-order valence-corrected chi connectivity index (χ0v) is 17.2. The van der Waals surface area contributed by atoms with E-state index in [2.05, 4.69) is 0 Å². The molecule has 0 aromatic heterocycles. The maximum absolute atomic E-state index is 14.6. The van der Waals surface area contributed by atoms with Crippen molar-refractivity contribution in [1.29, 1.82) is 0 Å². The molecule has 1 aromatic carbocycles. The van der Waals surface area contributed by atoms with E-state index < -0.39 is 22.6 Å². The monoisotopic (exact) mass is 385 g/mol. The highest BCUT2D eigenvalue weighted by atomic mass is 35.5. The van der Waals surface area contributed by atoms with Gasteiger partial charge in [-0.25, -0.2) is 9.18 Å². The largest absolute Gasteiger partial charge is 0.444 e. The lowest BCUT2D eigenvalue weighted by atomic mass is 9.90. The molecular formula is C20H29ClFNO3. The standard InChI is InChI=1S/C20H29ClFNO3/c1-18(2,3)23(17(25)26-19(4,5)6)12-20(10-13(20)11-24)15-9-14(21)7-8-16(15)22/h7-9,13,24H,10-12H2,1-6H3/t13-,20-/m0/s1. The lowest BCUT2D eigenvalue weighted by molar-refractivity contribution is 0.00254. The summed E-state index contributed by atoms with van der Waals surface area (Å²) in [4.78, 5) is 14.4. The van der Waals surface area contributed by atoms with Gasteiger partial charge in [0.15, 0.2) is 0 Å². The van der Waals surface area contributed by atoms with Crippen LogP contribution in [0, 0.1) is 11.7 Å². The number of nitrogens with zero attached hydrogens (tertiary/aromatic N) is 1. The number of halogens is 2. The molecule has 0 aliphatic heterocycles. The molecule has 1 aliphatic carbocycles. The molecule has 1 aromatic rings. The molecule has 0 radical (unpaired) electrons. The van der Waals surface area contributed by atoms with E-state index >= 15 is 0 Å². The van der Waals surface area contributed by atoms with Gasteiger partial charge in [0.2, 0.25) is 0 Å². The Labute approximate surface area is 160 Å². The van der Waals surface area contributed by atoms with Crippen LogP contribution in [0.2, 0.25) is 5.02 Å². The minimum Gasteiger partial charge on any atom is -0.444 e. The Bertz CT molecular complexity index is 681. The SMILES string of the molecule is CC(C)(C)OC(=O)N(C[C@@]1(c2cc(Cl)ccc2F)C[C@H]1CO)C(C)(C)C. The number of carbonyl (C=O) groups is 1. The summed E-state index contributed by atoms with van der Waals surface area (Å²) < 4.78 is 20.1. The van der Waals surface area contributed by atoms with Crippen LogP contribution in [0.4, 0.5) is 9.18 Å². The van der Waals surface area contributed by atoms with Gasteiger partial charge in [-0.05, 0) is 77.6 Å². The summed E-state index contributed by atoms with van der Waals surface area (Å²) in [5.74, 6) is -0.494. The van der Waals surface area contributed by atoms with Crippen molar-refractivity contribution >= 4 is 17.7 Å². The molecule has 0 spiro atoms. The van der Waals surface area contributed by atoms with Crippen LogP contribution < -0.4 is 0 Å². The molecule has 0 unspecified atom stereocenters. The number of aliphatic hydroxyl groups excluding tert-OH is 1. The number of carbonyl (C=O) groups excluding carboxylic acids is 1. The molecule has 2 rings (SSSR count). The van der Waals surface area contributed by atoms with Crippen LogP contribution in [-0.2, 0) is 10.2 Å². The molecule has 4 nitrogen and oxygen atoms in total. The molecule has 1 fully saturated rings. The summed E-state index contributed by atoms with van der Waals surface area (Å²) in [5, 5.41) is 10.1. The van der Waals surface area contributed by atoms with Gasteiger partial charge >= 0.3 is 6.09 Å². The van der Waals surface area contributed by atoms with E-state index in [9.17, 15) is 14.3 Å². The highest BCUT2D eigenvalue weighted by Gasteiger charge is 2.58. The lowest BCUT2D eigenvalue weighted by Gasteiger charge is -2.39. The Morgan fingerprint density at radius 2 is 1.96 bits per heavy atom. The second-order valence-corrected chi connectivity index (χ2v) is 9.54. The molecule has 0 heterocycles. The number of aliphatic hydroxyl groups is 1. The summed E-state index contributed by atoms with van der Waals surface area (Å²) in [6, 6.07) is 4.43. The van der Waals surface area contributed by atoms with Crippen molar-refractivity contribution < 1.29 is 19.0 Å². The highest BCUT2D eigenvalue weighted by Crippen LogP contribution is 2.56. The van der Waals surface area contributed by atoms with Crippen molar-refractivity contribution in [2.45, 2.75) is 64.5 Å². The van der Waals surface area contributed by atoms with Crippen molar-refractivity contribution in [3.63, 3.8) is 0 Å². The summed E-state index contributed by atoms with van der Waals surface area (Å²) in [7, 11) is 0. The fraction of sp³-hybridized carbons (Fsp3) is 0.650. The van der Waals surface area contributed by atoms with Crippen LogP contribution in [0.15, 0.2) is 18.2 Å². The van der Waals surface area contributed by atoms with Crippen molar-refractivity contribution in [2.24, 2.45) is 5.92 Å². The first-order chi connectivity index (χ1) is 11.8. The number of benzene rings is 1. The van der Waals surface area contributed by atoms with Gasteiger partial charge in [-0.1, -0.05) is 11.6 Å². The maximum atomic E-state index is 14.6. The number of rotatable bonds is 4. The third-order valence-electron chi connectivity index (χ3n) is 4.78. The van der Waals surface area contributed by atoms with E-state index in [-0.39, 0.29) is 24.9 Å². The first kappa shape index (κ1) is 21.0. The molecule has 0 bridgehead atoms. The van der Waals surface area contributed by atoms with Crippen LogP contribution in [0.25, 0.3) is 0 Å².